The van der Waals surface area contributed by atoms with Gasteiger partial charge in [0.25, 0.3) is 0 Å². The highest BCUT2D eigenvalue weighted by Gasteiger charge is 2.83. The van der Waals surface area contributed by atoms with Gasteiger partial charge >= 0.3 is 0 Å². The highest BCUT2D eigenvalue weighted by Crippen LogP contribution is 2.77. The molecule has 200 valence electrons. The van der Waals surface area contributed by atoms with Gasteiger partial charge in [0.15, 0.2) is 22.8 Å². The minimum absolute atomic E-state index is 0.0711. The number of hydrogen-bond donors (Lipinski definition) is 2. The normalized spacial score (nSPS) is 49.9. The highest BCUT2D eigenvalue weighted by atomic mass is 19.1. The molecule has 5 rings (SSSR count). The zero-order valence-electron chi connectivity index (χ0n) is 21.9. The molecule has 36 heavy (non-hydrogen) atoms. The summed E-state index contributed by atoms with van der Waals surface area (Å²) >= 11 is 0. The van der Waals surface area contributed by atoms with Crippen molar-refractivity contribution in [1.29, 1.82) is 0 Å². The van der Waals surface area contributed by atoms with Crippen LogP contribution in [0.5, 0.6) is 0 Å². The van der Waals surface area contributed by atoms with Gasteiger partial charge in [0.1, 0.15) is 12.8 Å². The van der Waals surface area contributed by atoms with Crippen LogP contribution in [0.25, 0.3) is 0 Å². The fourth-order valence-corrected chi connectivity index (χ4v) is 8.93. The Morgan fingerprint density at radius 2 is 1.97 bits per heavy atom. The lowest BCUT2D eigenvalue weighted by Crippen LogP contribution is -2.73. The number of hydroxylamine groups is 2. The average molecular weight is 508 g/mol. The summed E-state index contributed by atoms with van der Waals surface area (Å²) in [6, 6.07) is 0. The standard InChI is InChI=1S/C28H39F2NO5/c1-16(2)7-9-31-14-17-12-25(4)21-11-20(29)19-10-18(33)6-8-24(19,3)27(21,30)22(34)13-26(25,5)28(17,36-31)23(35)15-32/h6,8,10,16-17,20-22,32,34H,7,9,11-15H2,1-5H3/t17-,20-,21-,22-,24-,25-,26-,27-,28-/m0/s1. The fourth-order valence-electron chi connectivity index (χ4n) is 8.93. The minimum Gasteiger partial charge on any atom is -0.390 e. The number of allylic oxidation sites excluding steroid dienone is 4. The largest absolute Gasteiger partial charge is 0.390 e. The second kappa shape index (κ2) is 8.01. The third-order valence-electron chi connectivity index (χ3n) is 11.0. The Balaban J connectivity index is 1.62. The van der Waals surface area contributed by atoms with E-state index in [0.717, 1.165) is 6.42 Å². The van der Waals surface area contributed by atoms with Crippen molar-refractivity contribution in [1.82, 2.24) is 5.06 Å². The Bertz CT molecular complexity index is 1040. The molecule has 0 aromatic rings. The van der Waals surface area contributed by atoms with E-state index in [4.69, 9.17) is 4.84 Å². The molecule has 3 saturated carbocycles. The summed E-state index contributed by atoms with van der Waals surface area (Å²) in [5.74, 6) is -1.65. The van der Waals surface area contributed by atoms with Crippen LogP contribution >= 0.6 is 0 Å². The van der Waals surface area contributed by atoms with Crippen molar-refractivity contribution in [3.63, 3.8) is 0 Å². The van der Waals surface area contributed by atoms with E-state index in [-0.39, 0.29) is 30.1 Å². The summed E-state index contributed by atoms with van der Waals surface area (Å²) in [5, 5.41) is 23.4. The Kier molecular flexibility index (Phi) is 5.82. The van der Waals surface area contributed by atoms with E-state index >= 15 is 8.78 Å². The van der Waals surface area contributed by atoms with Crippen molar-refractivity contribution < 1.29 is 33.4 Å². The van der Waals surface area contributed by atoms with Gasteiger partial charge in [-0.15, -0.1) is 0 Å². The van der Waals surface area contributed by atoms with Crippen LogP contribution in [0, 0.1) is 34.0 Å². The molecule has 1 aliphatic heterocycles. The number of Topliss-reactive ketones (excluding diaryl/α,β-unsaturated/α-hetero) is 1. The molecule has 5 aliphatic rings. The second-order valence-corrected chi connectivity index (χ2v) is 12.9. The molecule has 1 heterocycles. The number of carbonyl (C=O) groups is 2. The van der Waals surface area contributed by atoms with E-state index in [1.807, 2.05) is 13.8 Å². The molecule has 2 N–H and O–H groups in total. The summed E-state index contributed by atoms with van der Waals surface area (Å²) < 4.78 is 33.3. The van der Waals surface area contributed by atoms with Crippen LogP contribution in [-0.2, 0) is 14.4 Å². The predicted octanol–water partition coefficient (Wildman–Crippen LogP) is 3.51. The summed E-state index contributed by atoms with van der Waals surface area (Å²) in [4.78, 5) is 32.1. The first-order valence-corrected chi connectivity index (χ1v) is 13.3. The molecule has 0 spiro atoms. The molecule has 8 heteroatoms. The number of hydrogen-bond acceptors (Lipinski definition) is 6. The summed E-state index contributed by atoms with van der Waals surface area (Å²) in [7, 11) is 0. The number of aliphatic hydroxyl groups is 2. The molecule has 9 atom stereocenters. The van der Waals surface area contributed by atoms with Crippen molar-refractivity contribution in [3.05, 3.63) is 23.8 Å². The highest BCUT2D eigenvalue weighted by molar-refractivity contribution is 6.01. The van der Waals surface area contributed by atoms with Crippen LogP contribution < -0.4 is 0 Å². The quantitative estimate of drug-likeness (QED) is 0.592. The van der Waals surface area contributed by atoms with E-state index in [9.17, 15) is 19.8 Å². The maximum absolute atomic E-state index is 17.5. The zero-order chi connectivity index (χ0) is 26.5. The van der Waals surface area contributed by atoms with Crippen LogP contribution in [0.1, 0.15) is 60.3 Å². The number of ketones is 2. The van der Waals surface area contributed by atoms with E-state index < -0.39 is 58.1 Å². The molecule has 0 aromatic heterocycles. The lowest BCUT2D eigenvalue weighted by atomic mass is 9.39. The molecule has 6 nitrogen and oxygen atoms in total. The number of nitrogens with zero attached hydrogens (tertiary/aromatic N) is 1. The molecule has 0 unspecified atom stereocenters. The first-order valence-electron chi connectivity index (χ1n) is 13.3. The fraction of sp³-hybridized carbons (Fsp3) is 0.786. The third kappa shape index (κ3) is 2.90. The lowest BCUT2D eigenvalue weighted by molar-refractivity contribution is -0.287. The van der Waals surface area contributed by atoms with E-state index in [1.54, 1.807) is 12.0 Å². The van der Waals surface area contributed by atoms with Crippen molar-refractivity contribution >= 4 is 11.6 Å². The maximum Gasteiger partial charge on any atom is 0.192 e. The van der Waals surface area contributed by atoms with E-state index in [1.165, 1.54) is 18.2 Å². The molecule has 0 bridgehead atoms. The van der Waals surface area contributed by atoms with Gasteiger partial charge in [-0.1, -0.05) is 33.8 Å². The lowest BCUT2D eigenvalue weighted by Gasteiger charge is -2.67. The Labute approximate surface area is 211 Å². The molecule has 1 saturated heterocycles. The molecule has 0 amide bonds. The molecule has 4 fully saturated rings. The van der Waals surface area contributed by atoms with Gasteiger partial charge in [-0.25, -0.2) is 8.78 Å². The first kappa shape index (κ1) is 26.1. The molecule has 4 aliphatic carbocycles. The first-order chi connectivity index (χ1) is 16.7. The monoisotopic (exact) mass is 507 g/mol. The van der Waals surface area contributed by atoms with Crippen LogP contribution in [-0.4, -0.2) is 70.1 Å². The van der Waals surface area contributed by atoms with Crippen LogP contribution in [0.2, 0.25) is 0 Å². The number of aliphatic hydroxyl groups excluding tert-OH is 2. The molecular weight excluding hydrogens is 468 g/mol. The zero-order valence-corrected chi connectivity index (χ0v) is 21.9. The smallest absolute Gasteiger partial charge is 0.192 e. The number of fused-ring (bicyclic) bond motifs is 7. The Hall–Kier alpha value is -1.48. The topological polar surface area (TPSA) is 87.1 Å². The third-order valence-corrected chi connectivity index (χ3v) is 11.0. The van der Waals surface area contributed by atoms with Gasteiger partial charge in [-0.05, 0) is 61.7 Å². The second-order valence-electron chi connectivity index (χ2n) is 12.9. The van der Waals surface area contributed by atoms with E-state index in [0.29, 0.717) is 25.4 Å². The predicted molar refractivity (Wildman–Crippen MR) is 129 cm³/mol. The van der Waals surface area contributed by atoms with Crippen LogP contribution in [0.15, 0.2) is 23.8 Å². The van der Waals surface area contributed by atoms with Gasteiger partial charge in [0, 0.05) is 35.8 Å². The Morgan fingerprint density at radius 3 is 2.61 bits per heavy atom. The van der Waals surface area contributed by atoms with E-state index in [2.05, 4.69) is 13.8 Å². The molecular formula is C28H39F2NO5. The average Bonchev–Trinajstić information content (AvgIpc) is 3.26. The van der Waals surface area contributed by atoms with Gasteiger partial charge < -0.3 is 10.2 Å². The molecule has 0 radical (unpaired) electrons. The van der Waals surface area contributed by atoms with Crippen molar-refractivity contribution in [2.45, 2.75) is 83.8 Å². The van der Waals surface area contributed by atoms with Crippen LogP contribution in [0.3, 0.4) is 0 Å². The number of halogens is 2. The van der Waals surface area contributed by atoms with Crippen molar-refractivity contribution in [2.24, 2.45) is 34.0 Å². The maximum atomic E-state index is 17.5. The molecule has 0 aromatic carbocycles. The number of rotatable bonds is 5. The van der Waals surface area contributed by atoms with Crippen molar-refractivity contribution in [3.8, 4) is 0 Å². The minimum atomic E-state index is -2.23. The van der Waals surface area contributed by atoms with Gasteiger partial charge in [-0.3, -0.25) is 14.4 Å². The van der Waals surface area contributed by atoms with Crippen LogP contribution in [0.4, 0.5) is 8.78 Å². The summed E-state index contributed by atoms with van der Waals surface area (Å²) in [6.45, 7) is 9.92. The SMILES string of the molecule is CC(C)CCN1C[C@@H]2C[C@@]3(C)[C@@H]4C[C@H](F)C5=CC(=O)C=C[C@]5(C)[C@@]4(F)[C@@H](O)C[C@]3(C)[C@]2(C(=O)CO)O1. The van der Waals surface area contributed by atoms with Gasteiger partial charge in [0.2, 0.25) is 0 Å². The number of alkyl halides is 2. The Morgan fingerprint density at radius 1 is 1.28 bits per heavy atom. The van der Waals surface area contributed by atoms with Crippen molar-refractivity contribution in [2.75, 3.05) is 19.7 Å². The summed E-state index contributed by atoms with van der Waals surface area (Å²) in [5.41, 5.74) is -6.99. The summed E-state index contributed by atoms with van der Waals surface area (Å²) in [6.07, 6.45) is 1.83. The van der Waals surface area contributed by atoms with Gasteiger partial charge in [0.05, 0.1) is 6.10 Å². The number of carbonyl (C=O) groups excluding carboxylic acids is 2. The van der Waals surface area contributed by atoms with Gasteiger partial charge in [-0.2, -0.15) is 5.06 Å².